The second-order valence-corrected chi connectivity index (χ2v) is 6.52. The molecule has 0 radical (unpaired) electrons. The molecule has 0 saturated carbocycles. The minimum absolute atomic E-state index is 0.0833. The zero-order chi connectivity index (χ0) is 16.3. The van der Waals surface area contributed by atoms with Crippen molar-refractivity contribution in [2.24, 2.45) is 0 Å². The standard InChI is InChI=1S/C15H26O6/c1-7-18-13(17)11-8-10(19-15(5,6)20-11)9-12(16)21-14(2,3)4/h10-11H,7-9H2,1-6H3. The molecule has 1 aliphatic heterocycles. The fourth-order valence-electron chi connectivity index (χ4n) is 2.18. The van der Waals surface area contributed by atoms with Crippen LogP contribution >= 0.6 is 0 Å². The lowest BCUT2D eigenvalue weighted by Gasteiger charge is -2.39. The lowest BCUT2D eigenvalue weighted by Crippen LogP contribution is -2.48. The van der Waals surface area contributed by atoms with Gasteiger partial charge in [0, 0.05) is 6.42 Å². The van der Waals surface area contributed by atoms with Crippen molar-refractivity contribution in [3.63, 3.8) is 0 Å². The van der Waals surface area contributed by atoms with Crippen LogP contribution in [0.4, 0.5) is 0 Å². The minimum Gasteiger partial charge on any atom is -0.464 e. The first-order valence-corrected chi connectivity index (χ1v) is 7.26. The first-order valence-electron chi connectivity index (χ1n) is 7.26. The van der Waals surface area contributed by atoms with Crippen LogP contribution in [0.25, 0.3) is 0 Å². The number of hydrogen-bond donors (Lipinski definition) is 0. The molecule has 1 heterocycles. The Balaban J connectivity index is 2.65. The van der Waals surface area contributed by atoms with Gasteiger partial charge in [-0.2, -0.15) is 0 Å². The smallest absolute Gasteiger partial charge is 0.335 e. The summed E-state index contributed by atoms with van der Waals surface area (Å²) in [7, 11) is 0. The summed E-state index contributed by atoms with van der Waals surface area (Å²) in [6.07, 6.45) is -0.791. The normalized spacial score (nSPS) is 25.2. The highest BCUT2D eigenvalue weighted by Crippen LogP contribution is 2.29. The maximum Gasteiger partial charge on any atom is 0.335 e. The van der Waals surface area contributed by atoms with Gasteiger partial charge in [-0.05, 0) is 41.5 Å². The van der Waals surface area contributed by atoms with E-state index in [9.17, 15) is 9.59 Å². The molecular formula is C15H26O6. The molecule has 0 aliphatic carbocycles. The molecule has 1 saturated heterocycles. The van der Waals surface area contributed by atoms with Gasteiger partial charge in [-0.25, -0.2) is 4.79 Å². The summed E-state index contributed by atoms with van der Waals surface area (Å²) in [6, 6.07) is 0. The Morgan fingerprint density at radius 1 is 1.24 bits per heavy atom. The van der Waals surface area contributed by atoms with E-state index in [0.717, 1.165) is 0 Å². The SMILES string of the molecule is CCOC(=O)C1CC(CC(=O)OC(C)(C)C)OC(C)(C)O1. The van der Waals surface area contributed by atoms with Gasteiger partial charge in [-0.1, -0.05) is 0 Å². The van der Waals surface area contributed by atoms with Crippen LogP contribution in [0.15, 0.2) is 0 Å². The van der Waals surface area contributed by atoms with Gasteiger partial charge in [0.1, 0.15) is 5.60 Å². The summed E-state index contributed by atoms with van der Waals surface area (Å²) in [5.41, 5.74) is -0.543. The molecule has 0 amide bonds. The number of rotatable bonds is 4. The average molecular weight is 302 g/mol. The summed E-state index contributed by atoms with van der Waals surface area (Å²) >= 11 is 0. The van der Waals surface area contributed by atoms with Gasteiger partial charge in [0.2, 0.25) is 0 Å². The van der Waals surface area contributed by atoms with E-state index >= 15 is 0 Å². The Hall–Kier alpha value is -1.14. The summed E-state index contributed by atoms with van der Waals surface area (Å²) in [5, 5.41) is 0. The van der Waals surface area contributed by atoms with Crippen molar-refractivity contribution in [2.45, 2.75) is 78.0 Å². The molecule has 0 aromatic heterocycles. The van der Waals surface area contributed by atoms with E-state index in [1.54, 1.807) is 41.5 Å². The molecule has 2 unspecified atom stereocenters. The van der Waals surface area contributed by atoms with Crippen molar-refractivity contribution in [3.05, 3.63) is 0 Å². The number of esters is 2. The zero-order valence-corrected chi connectivity index (χ0v) is 13.7. The third-order valence-corrected chi connectivity index (χ3v) is 2.72. The molecule has 1 fully saturated rings. The summed E-state index contributed by atoms with van der Waals surface area (Å²) in [5.74, 6) is -1.72. The molecule has 6 heteroatoms. The molecule has 1 aliphatic rings. The Bertz CT molecular complexity index is 382. The molecule has 0 bridgehead atoms. The number of carbonyl (C=O) groups excluding carboxylic acids is 2. The van der Waals surface area contributed by atoms with Crippen molar-refractivity contribution < 1.29 is 28.5 Å². The van der Waals surface area contributed by atoms with E-state index in [2.05, 4.69) is 0 Å². The second-order valence-electron chi connectivity index (χ2n) is 6.52. The molecule has 0 N–H and O–H groups in total. The molecule has 122 valence electrons. The highest BCUT2D eigenvalue weighted by atomic mass is 16.7. The average Bonchev–Trinajstić information content (AvgIpc) is 2.23. The van der Waals surface area contributed by atoms with Gasteiger partial charge in [0.05, 0.1) is 19.1 Å². The lowest BCUT2D eigenvalue weighted by atomic mass is 10.1. The van der Waals surface area contributed by atoms with E-state index in [-0.39, 0.29) is 25.4 Å². The molecule has 0 spiro atoms. The van der Waals surface area contributed by atoms with Crippen LogP contribution in [0.1, 0.15) is 54.4 Å². The number of ether oxygens (including phenoxy) is 4. The van der Waals surface area contributed by atoms with Crippen molar-refractivity contribution in [2.75, 3.05) is 6.61 Å². The molecule has 21 heavy (non-hydrogen) atoms. The Morgan fingerprint density at radius 3 is 2.38 bits per heavy atom. The van der Waals surface area contributed by atoms with Gasteiger partial charge >= 0.3 is 11.9 Å². The third kappa shape index (κ3) is 6.44. The molecule has 0 aromatic carbocycles. The topological polar surface area (TPSA) is 71.1 Å². The monoisotopic (exact) mass is 302 g/mol. The molecular weight excluding hydrogens is 276 g/mol. The maximum atomic E-state index is 11.9. The maximum absolute atomic E-state index is 11.9. The minimum atomic E-state index is -0.942. The van der Waals surface area contributed by atoms with E-state index in [0.29, 0.717) is 0 Å². The Morgan fingerprint density at radius 2 is 1.86 bits per heavy atom. The Kier molecular flexibility index (Phi) is 5.75. The summed E-state index contributed by atoms with van der Waals surface area (Å²) in [4.78, 5) is 23.7. The van der Waals surface area contributed by atoms with Gasteiger partial charge in [0.15, 0.2) is 11.9 Å². The molecule has 2 atom stereocenters. The van der Waals surface area contributed by atoms with Crippen molar-refractivity contribution in [1.82, 2.24) is 0 Å². The zero-order valence-electron chi connectivity index (χ0n) is 13.7. The molecule has 0 aromatic rings. The fraction of sp³-hybridized carbons (Fsp3) is 0.867. The van der Waals surface area contributed by atoms with Gasteiger partial charge in [-0.3, -0.25) is 4.79 Å². The molecule has 1 rings (SSSR count). The van der Waals surface area contributed by atoms with Gasteiger partial charge in [-0.15, -0.1) is 0 Å². The van der Waals surface area contributed by atoms with Crippen molar-refractivity contribution in [3.8, 4) is 0 Å². The van der Waals surface area contributed by atoms with Gasteiger partial charge < -0.3 is 18.9 Å². The van der Waals surface area contributed by atoms with E-state index in [4.69, 9.17) is 18.9 Å². The van der Waals surface area contributed by atoms with Crippen molar-refractivity contribution >= 4 is 11.9 Å². The lowest BCUT2D eigenvalue weighted by molar-refractivity contribution is -0.298. The van der Waals surface area contributed by atoms with Crippen LogP contribution < -0.4 is 0 Å². The predicted molar refractivity (Wildman–Crippen MR) is 75.5 cm³/mol. The first kappa shape index (κ1) is 17.9. The van der Waals surface area contributed by atoms with Crippen LogP contribution in [-0.2, 0) is 28.5 Å². The van der Waals surface area contributed by atoms with Gasteiger partial charge in [0.25, 0.3) is 0 Å². The van der Waals surface area contributed by atoms with Crippen LogP contribution in [0.2, 0.25) is 0 Å². The van der Waals surface area contributed by atoms with Crippen molar-refractivity contribution in [1.29, 1.82) is 0 Å². The highest BCUT2D eigenvalue weighted by molar-refractivity contribution is 5.75. The van der Waals surface area contributed by atoms with E-state index in [1.165, 1.54) is 0 Å². The Labute approximate surface area is 126 Å². The fourth-order valence-corrected chi connectivity index (χ4v) is 2.18. The number of hydrogen-bond acceptors (Lipinski definition) is 6. The quantitative estimate of drug-likeness (QED) is 0.741. The molecule has 6 nitrogen and oxygen atoms in total. The summed E-state index contributed by atoms with van der Waals surface area (Å²) < 4.78 is 21.5. The summed E-state index contributed by atoms with van der Waals surface area (Å²) in [6.45, 7) is 10.9. The second kappa shape index (κ2) is 6.75. The third-order valence-electron chi connectivity index (χ3n) is 2.72. The predicted octanol–water partition coefficient (Wildman–Crippen LogP) is 2.19. The largest absolute Gasteiger partial charge is 0.464 e. The number of carbonyl (C=O) groups is 2. The van der Waals surface area contributed by atoms with Crippen LogP contribution in [-0.4, -0.2) is 42.1 Å². The van der Waals surface area contributed by atoms with Crippen LogP contribution in [0, 0.1) is 0 Å². The van der Waals surface area contributed by atoms with E-state index < -0.39 is 29.6 Å². The highest BCUT2D eigenvalue weighted by Gasteiger charge is 2.40. The van der Waals surface area contributed by atoms with Crippen LogP contribution in [0.3, 0.4) is 0 Å². The van der Waals surface area contributed by atoms with E-state index in [1.807, 2.05) is 0 Å². The van der Waals surface area contributed by atoms with Crippen LogP contribution in [0.5, 0.6) is 0 Å². The first-order chi connectivity index (χ1) is 9.52.